The maximum Gasteiger partial charge on any atom is 0.460 e. The number of nitrogens with zero attached hydrogens (tertiary/aromatic N) is 2. The summed E-state index contributed by atoms with van der Waals surface area (Å²) < 4.78 is 151. The van der Waals surface area contributed by atoms with Gasteiger partial charge in [-0.05, 0) is 13.0 Å². The zero-order chi connectivity index (χ0) is 24.9. The molecule has 0 aliphatic carbocycles. The number of aryl methyl sites for hydroxylation is 1. The number of esters is 1. The summed E-state index contributed by atoms with van der Waals surface area (Å²) in [5.41, 5.74) is -1.08. The monoisotopic (exact) mass is 502 g/mol. The van der Waals surface area contributed by atoms with Crippen LogP contribution in [0.4, 0.5) is 39.5 Å². The topological polar surface area (TPSA) is 87.5 Å². The number of ether oxygens (including phenoxy) is 1. The molecule has 7 nitrogen and oxygen atoms in total. The fraction of sp³-hybridized carbons (Fsp3) is 0.467. The molecule has 0 radical (unpaired) electrons. The first-order valence-electron chi connectivity index (χ1n) is 8.08. The van der Waals surface area contributed by atoms with Crippen molar-refractivity contribution in [1.82, 2.24) is 9.55 Å². The summed E-state index contributed by atoms with van der Waals surface area (Å²) in [5, 5.41) is -7.65. The zero-order valence-electron chi connectivity index (χ0n) is 15.7. The maximum absolute atomic E-state index is 14.0. The highest BCUT2D eigenvalue weighted by atomic mass is 32.2. The van der Waals surface area contributed by atoms with Gasteiger partial charge in [0.05, 0.1) is 17.5 Å². The van der Waals surface area contributed by atoms with E-state index in [0.29, 0.717) is 0 Å². The van der Waals surface area contributed by atoms with Gasteiger partial charge in [0.2, 0.25) is 0 Å². The fourth-order valence-electron chi connectivity index (χ4n) is 2.45. The fourth-order valence-corrected chi connectivity index (χ4v) is 3.38. The molecule has 2 rings (SSSR count). The third-order valence-electron chi connectivity index (χ3n) is 4.05. The molecule has 32 heavy (non-hydrogen) atoms. The van der Waals surface area contributed by atoms with Gasteiger partial charge >= 0.3 is 39.4 Å². The Labute approximate surface area is 172 Å². The van der Waals surface area contributed by atoms with E-state index in [2.05, 4.69) is 13.9 Å². The summed E-state index contributed by atoms with van der Waals surface area (Å²) in [5.74, 6) is -17.8. The summed E-state index contributed by atoms with van der Waals surface area (Å²) in [6, 6.07) is 1.10. The number of carbonyl (C=O) groups excluding carboxylic acids is 1. The van der Waals surface area contributed by atoms with Crippen LogP contribution in [0.25, 0.3) is 10.9 Å². The summed E-state index contributed by atoms with van der Waals surface area (Å²) in [6.07, 6.45) is -5.42. The molecule has 0 unspecified atom stereocenters. The lowest BCUT2D eigenvalue weighted by Gasteiger charge is -2.32. The molecule has 17 heteroatoms. The van der Waals surface area contributed by atoms with E-state index in [-0.39, 0.29) is 12.1 Å². The molecule has 2 aromatic heterocycles. The number of hydrogen-bond acceptors (Lipinski definition) is 6. The van der Waals surface area contributed by atoms with Crippen LogP contribution < -0.4 is 4.18 Å². The second-order valence-electron chi connectivity index (χ2n) is 6.05. The minimum Gasteiger partial charge on any atom is -0.461 e. The van der Waals surface area contributed by atoms with Crippen molar-refractivity contribution in [2.24, 2.45) is 7.05 Å². The number of pyridine rings is 1. The Hall–Kier alpha value is -2.72. The van der Waals surface area contributed by atoms with E-state index in [1.54, 1.807) is 0 Å². The molecule has 0 N–H and O–H groups in total. The first-order chi connectivity index (χ1) is 14.3. The highest BCUT2D eigenvalue weighted by Crippen LogP contribution is 2.55. The van der Waals surface area contributed by atoms with Crippen LogP contribution in [-0.4, -0.2) is 53.8 Å². The van der Waals surface area contributed by atoms with E-state index in [4.69, 9.17) is 0 Å². The first-order valence-corrected chi connectivity index (χ1v) is 9.49. The van der Waals surface area contributed by atoms with Gasteiger partial charge in [0.25, 0.3) is 0 Å². The standard InChI is InChI=1S/C15H11F9N2O5S/c1-3-30-11(27)9-10(7-6-25-5-4-8(7)26(9)2)31-32(28,29)15(23,24)13(18,19)12(16,17)14(20,21)22/h4-6H,3H2,1-2H3. The van der Waals surface area contributed by atoms with Crippen LogP contribution in [0.15, 0.2) is 18.5 Å². The largest absolute Gasteiger partial charge is 0.461 e. The summed E-state index contributed by atoms with van der Waals surface area (Å²) in [4.78, 5) is 15.6. The highest BCUT2D eigenvalue weighted by Gasteiger charge is 2.86. The van der Waals surface area contributed by atoms with Gasteiger partial charge in [0.1, 0.15) is 0 Å². The van der Waals surface area contributed by atoms with E-state index < -0.39 is 56.2 Å². The Morgan fingerprint density at radius 3 is 2.12 bits per heavy atom. The Morgan fingerprint density at radius 1 is 1.06 bits per heavy atom. The molecule has 0 saturated heterocycles. The third-order valence-corrected chi connectivity index (χ3v) is 5.32. The molecule has 0 amide bonds. The van der Waals surface area contributed by atoms with Gasteiger partial charge in [-0.1, -0.05) is 0 Å². The lowest BCUT2D eigenvalue weighted by atomic mass is 10.1. The van der Waals surface area contributed by atoms with Crippen LogP contribution in [0.3, 0.4) is 0 Å². The zero-order valence-corrected chi connectivity index (χ0v) is 16.5. The van der Waals surface area contributed by atoms with E-state index >= 15 is 0 Å². The Morgan fingerprint density at radius 2 is 1.62 bits per heavy atom. The molecule has 0 aromatic carbocycles. The summed E-state index contributed by atoms with van der Waals surface area (Å²) >= 11 is 0. The average molecular weight is 502 g/mol. The Kier molecular flexibility index (Phi) is 6.15. The van der Waals surface area contributed by atoms with Crippen molar-refractivity contribution < 1.29 is 61.6 Å². The lowest BCUT2D eigenvalue weighted by Crippen LogP contribution is -2.63. The lowest BCUT2D eigenvalue weighted by molar-refractivity contribution is -0.382. The second kappa shape index (κ2) is 7.70. The maximum atomic E-state index is 14.0. The molecular formula is C15H11F9N2O5S. The molecule has 0 bridgehead atoms. The van der Waals surface area contributed by atoms with Gasteiger partial charge < -0.3 is 13.5 Å². The molecule has 2 heterocycles. The van der Waals surface area contributed by atoms with E-state index in [1.807, 2.05) is 0 Å². The number of carbonyl (C=O) groups is 1. The van der Waals surface area contributed by atoms with Gasteiger partial charge in [0.15, 0.2) is 11.4 Å². The van der Waals surface area contributed by atoms with E-state index in [1.165, 1.54) is 6.92 Å². The van der Waals surface area contributed by atoms with Crippen LogP contribution in [0.1, 0.15) is 17.4 Å². The minimum atomic E-state index is -7.50. The Balaban J connectivity index is 2.71. The molecular weight excluding hydrogens is 491 g/mol. The van der Waals surface area contributed by atoms with Crippen molar-refractivity contribution in [3.8, 4) is 5.75 Å². The van der Waals surface area contributed by atoms with Crippen LogP contribution in [-0.2, 0) is 21.9 Å². The third kappa shape index (κ3) is 3.61. The van der Waals surface area contributed by atoms with Gasteiger partial charge in [-0.3, -0.25) is 4.98 Å². The molecule has 0 fully saturated rings. The number of aromatic nitrogens is 2. The molecule has 0 aliphatic rings. The van der Waals surface area contributed by atoms with Gasteiger partial charge in [-0.2, -0.15) is 47.9 Å². The van der Waals surface area contributed by atoms with Crippen molar-refractivity contribution in [1.29, 1.82) is 0 Å². The highest BCUT2D eigenvalue weighted by molar-refractivity contribution is 7.88. The average Bonchev–Trinajstić information content (AvgIpc) is 2.92. The summed E-state index contributed by atoms with van der Waals surface area (Å²) in [7, 11) is -6.21. The van der Waals surface area contributed by atoms with Crippen molar-refractivity contribution in [3.05, 3.63) is 24.2 Å². The molecule has 0 saturated carbocycles. The summed E-state index contributed by atoms with van der Waals surface area (Å²) in [6.45, 7) is 0.949. The van der Waals surface area contributed by atoms with Crippen LogP contribution in [0.2, 0.25) is 0 Å². The SMILES string of the molecule is CCOC(=O)c1c(OS(=O)(=O)C(F)(F)C(F)(F)C(F)(F)C(F)(F)F)c2cnccc2n1C. The normalized spacial score (nSPS) is 14.0. The minimum absolute atomic E-state index is 0.135. The predicted molar refractivity (Wildman–Crippen MR) is 87.1 cm³/mol. The number of alkyl halides is 9. The molecule has 0 atom stereocenters. The smallest absolute Gasteiger partial charge is 0.460 e. The number of fused-ring (bicyclic) bond motifs is 1. The van der Waals surface area contributed by atoms with Crippen molar-refractivity contribution >= 4 is 27.0 Å². The van der Waals surface area contributed by atoms with Gasteiger partial charge in [0, 0.05) is 19.4 Å². The van der Waals surface area contributed by atoms with Crippen LogP contribution in [0.5, 0.6) is 5.75 Å². The van der Waals surface area contributed by atoms with Gasteiger partial charge in [-0.15, -0.1) is 0 Å². The quantitative estimate of drug-likeness (QED) is 0.325. The van der Waals surface area contributed by atoms with Crippen LogP contribution >= 0.6 is 0 Å². The van der Waals surface area contributed by atoms with E-state index in [0.717, 1.165) is 30.1 Å². The second-order valence-corrected chi connectivity index (χ2v) is 7.64. The number of rotatable bonds is 7. The first kappa shape index (κ1) is 25.5. The molecule has 0 aliphatic heterocycles. The predicted octanol–water partition coefficient (Wildman–Crippen LogP) is 3.88. The van der Waals surface area contributed by atoms with E-state index in [9.17, 15) is 52.7 Å². The van der Waals surface area contributed by atoms with Gasteiger partial charge in [-0.25, -0.2) is 4.79 Å². The van der Waals surface area contributed by atoms with Crippen molar-refractivity contribution in [2.45, 2.75) is 30.2 Å². The number of hydrogen-bond donors (Lipinski definition) is 0. The number of halogens is 9. The molecule has 0 spiro atoms. The van der Waals surface area contributed by atoms with Crippen molar-refractivity contribution in [2.75, 3.05) is 6.61 Å². The molecule has 180 valence electrons. The molecule has 2 aromatic rings. The Bertz CT molecular complexity index is 1140. The van der Waals surface area contributed by atoms with Crippen molar-refractivity contribution in [3.63, 3.8) is 0 Å². The van der Waals surface area contributed by atoms with Crippen LogP contribution in [0, 0.1) is 0 Å².